The van der Waals surface area contributed by atoms with Crippen LogP contribution in [0.4, 0.5) is 5.69 Å². The summed E-state index contributed by atoms with van der Waals surface area (Å²) in [6, 6.07) is 21.0. The number of benzene rings is 3. The number of nitrogens with zero attached hydrogens (tertiary/aromatic N) is 2. The lowest BCUT2D eigenvalue weighted by molar-refractivity contribution is -0.139. The molecule has 3 aromatic rings. The van der Waals surface area contributed by atoms with Gasteiger partial charge in [-0.25, -0.2) is 8.42 Å². The van der Waals surface area contributed by atoms with Crippen LogP contribution in [0.25, 0.3) is 0 Å². The number of hydrogen-bond acceptors (Lipinski definition) is 4. The molecule has 2 atom stereocenters. The van der Waals surface area contributed by atoms with Gasteiger partial charge >= 0.3 is 0 Å². The maximum Gasteiger partial charge on any atom is 0.264 e. The molecule has 0 spiro atoms. The maximum atomic E-state index is 14.0. The Labute approximate surface area is 247 Å². The normalized spacial score (nSPS) is 12.8. The number of halogens is 2. The van der Waals surface area contributed by atoms with E-state index in [1.54, 1.807) is 18.2 Å². The molecule has 1 N–H and O–H groups in total. The van der Waals surface area contributed by atoms with Gasteiger partial charge in [0.1, 0.15) is 12.6 Å². The molecule has 0 aliphatic carbocycles. The highest BCUT2D eigenvalue weighted by Gasteiger charge is 2.33. The highest BCUT2D eigenvalue weighted by molar-refractivity contribution is 7.92. The molecular weight excluding hydrogens is 569 g/mol. The van der Waals surface area contributed by atoms with E-state index in [0.717, 1.165) is 16.3 Å². The predicted molar refractivity (Wildman–Crippen MR) is 161 cm³/mol. The first kappa shape index (κ1) is 31.5. The second-order valence-electron chi connectivity index (χ2n) is 9.49. The minimum absolute atomic E-state index is 0.0197. The molecule has 0 radical (unpaired) electrons. The fourth-order valence-corrected chi connectivity index (χ4v) is 5.94. The first-order valence-electron chi connectivity index (χ1n) is 13.2. The smallest absolute Gasteiger partial charge is 0.264 e. The van der Waals surface area contributed by atoms with Gasteiger partial charge in [0.25, 0.3) is 10.0 Å². The van der Waals surface area contributed by atoms with Crippen LogP contribution in [0.5, 0.6) is 0 Å². The lowest BCUT2D eigenvalue weighted by atomic mass is 10.1. The van der Waals surface area contributed by atoms with E-state index in [-0.39, 0.29) is 39.1 Å². The average molecular weight is 605 g/mol. The Hall–Kier alpha value is -3.07. The van der Waals surface area contributed by atoms with Crippen molar-refractivity contribution in [3.05, 3.63) is 94.5 Å². The molecule has 40 heavy (non-hydrogen) atoms. The van der Waals surface area contributed by atoms with Crippen LogP contribution in [-0.4, -0.2) is 50.3 Å². The monoisotopic (exact) mass is 603 g/mol. The second-order valence-corrected chi connectivity index (χ2v) is 12.2. The van der Waals surface area contributed by atoms with Crippen molar-refractivity contribution in [1.29, 1.82) is 0 Å². The molecule has 0 unspecified atom stereocenters. The summed E-state index contributed by atoms with van der Waals surface area (Å²) in [5.41, 5.74) is 1.18. The number of hydrogen-bond donors (Lipinski definition) is 1. The van der Waals surface area contributed by atoms with Gasteiger partial charge in [0.15, 0.2) is 0 Å². The number of amides is 2. The van der Waals surface area contributed by atoms with Crippen LogP contribution in [0.15, 0.2) is 83.8 Å². The summed E-state index contributed by atoms with van der Waals surface area (Å²) in [5.74, 6) is -0.780. The Morgan fingerprint density at radius 2 is 1.50 bits per heavy atom. The van der Waals surface area contributed by atoms with Gasteiger partial charge in [0.05, 0.1) is 20.6 Å². The first-order chi connectivity index (χ1) is 19.1. The Morgan fingerprint density at radius 1 is 0.875 bits per heavy atom. The molecule has 0 saturated heterocycles. The minimum Gasteiger partial charge on any atom is -0.352 e. The predicted octanol–water partition coefficient (Wildman–Crippen LogP) is 5.95. The fourth-order valence-electron chi connectivity index (χ4n) is 4.23. The van der Waals surface area contributed by atoms with Gasteiger partial charge < -0.3 is 10.2 Å². The van der Waals surface area contributed by atoms with Gasteiger partial charge in [-0.3, -0.25) is 13.9 Å². The van der Waals surface area contributed by atoms with Crippen LogP contribution in [0.1, 0.15) is 39.2 Å². The largest absolute Gasteiger partial charge is 0.352 e. The molecule has 10 heteroatoms. The molecule has 214 valence electrons. The summed E-state index contributed by atoms with van der Waals surface area (Å²) in [4.78, 5) is 28.8. The molecule has 3 aromatic carbocycles. The summed E-state index contributed by atoms with van der Waals surface area (Å²) in [5, 5.41) is 3.38. The van der Waals surface area contributed by atoms with E-state index in [9.17, 15) is 18.0 Å². The van der Waals surface area contributed by atoms with Crippen molar-refractivity contribution in [2.75, 3.05) is 17.4 Å². The van der Waals surface area contributed by atoms with Crippen LogP contribution < -0.4 is 9.62 Å². The van der Waals surface area contributed by atoms with Crippen LogP contribution in [0, 0.1) is 0 Å². The van der Waals surface area contributed by atoms with E-state index < -0.39 is 28.5 Å². The van der Waals surface area contributed by atoms with Gasteiger partial charge in [0, 0.05) is 12.6 Å². The highest BCUT2D eigenvalue weighted by atomic mass is 35.5. The molecule has 0 saturated carbocycles. The molecule has 7 nitrogen and oxygen atoms in total. The number of nitrogens with one attached hydrogen (secondary N) is 1. The second kappa shape index (κ2) is 14.5. The molecule has 0 bridgehead atoms. The van der Waals surface area contributed by atoms with Crippen LogP contribution in [0.2, 0.25) is 10.0 Å². The van der Waals surface area contributed by atoms with E-state index in [1.807, 2.05) is 51.1 Å². The topological polar surface area (TPSA) is 86.8 Å². The van der Waals surface area contributed by atoms with Crippen LogP contribution in [0.3, 0.4) is 0 Å². The number of sulfonamides is 1. The number of anilines is 1. The van der Waals surface area contributed by atoms with E-state index in [2.05, 4.69) is 5.32 Å². The van der Waals surface area contributed by atoms with Crippen molar-refractivity contribution < 1.29 is 18.0 Å². The molecule has 0 aliphatic heterocycles. The number of carbonyl (C=O) groups is 2. The molecule has 3 rings (SSSR count). The molecule has 0 aromatic heterocycles. The summed E-state index contributed by atoms with van der Waals surface area (Å²) >= 11 is 12.3. The van der Waals surface area contributed by atoms with Crippen molar-refractivity contribution in [1.82, 2.24) is 10.2 Å². The third-order valence-electron chi connectivity index (χ3n) is 6.67. The molecule has 0 heterocycles. The van der Waals surface area contributed by atoms with Gasteiger partial charge in [-0.05, 0) is 62.1 Å². The average Bonchev–Trinajstić information content (AvgIpc) is 2.96. The number of carbonyl (C=O) groups excluding carboxylic acids is 2. The minimum atomic E-state index is -4.17. The Balaban J connectivity index is 2.02. The Kier molecular flexibility index (Phi) is 11.4. The standard InChI is InChI=1S/C30H35Cl2N3O4S/c1-4-22(3)33-30(37)28(5-2)34(19-18-23-12-8-6-9-13-23)29(36)21-35(24-16-17-26(31)27(32)20-24)40(38,39)25-14-10-7-11-15-25/h6-17,20,22,28H,4-5,18-19,21H2,1-3H3,(H,33,37)/t22-,28+/m1/s1. The van der Waals surface area contributed by atoms with E-state index in [0.29, 0.717) is 12.8 Å². The van der Waals surface area contributed by atoms with Gasteiger partial charge in [0.2, 0.25) is 11.8 Å². The molecule has 2 amide bonds. The van der Waals surface area contributed by atoms with E-state index in [4.69, 9.17) is 23.2 Å². The zero-order chi connectivity index (χ0) is 29.3. The van der Waals surface area contributed by atoms with Gasteiger partial charge in [-0.1, -0.05) is 85.6 Å². The summed E-state index contributed by atoms with van der Waals surface area (Å²) < 4.78 is 28.7. The Bertz CT molecular complexity index is 1390. The quantitative estimate of drug-likeness (QED) is 0.261. The number of rotatable bonds is 13. The van der Waals surface area contributed by atoms with Crippen molar-refractivity contribution in [3.8, 4) is 0 Å². The fraction of sp³-hybridized carbons (Fsp3) is 0.333. The zero-order valence-electron chi connectivity index (χ0n) is 22.9. The van der Waals surface area contributed by atoms with E-state index >= 15 is 0 Å². The third kappa shape index (κ3) is 7.99. The van der Waals surface area contributed by atoms with Crippen molar-refractivity contribution in [2.45, 2.75) is 57.0 Å². The van der Waals surface area contributed by atoms with Crippen molar-refractivity contribution in [3.63, 3.8) is 0 Å². The van der Waals surface area contributed by atoms with E-state index in [1.165, 1.54) is 35.2 Å². The first-order valence-corrected chi connectivity index (χ1v) is 15.4. The third-order valence-corrected chi connectivity index (χ3v) is 9.20. The Morgan fingerprint density at radius 3 is 2.08 bits per heavy atom. The van der Waals surface area contributed by atoms with Gasteiger partial charge in [-0.15, -0.1) is 0 Å². The lowest BCUT2D eigenvalue weighted by Crippen LogP contribution is -2.54. The van der Waals surface area contributed by atoms with Crippen LogP contribution >= 0.6 is 23.2 Å². The molecular formula is C30H35Cl2N3O4S. The molecule has 0 fully saturated rings. The van der Waals surface area contributed by atoms with Crippen molar-refractivity contribution >= 4 is 50.7 Å². The van der Waals surface area contributed by atoms with Crippen molar-refractivity contribution in [2.24, 2.45) is 0 Å². The maximum absolute atomic E-state index is 14.0. The highest BCUT2D eigenvalue weighted by Crippen LogP contribution is 2.30. The van der Waals surface area contributed by atoms with Gasteiger partial charge in [-0.2, -0.15) is 0 Å². The zero-order valence-corrected chi connectivity index (χ0v) is 25.2. The molecule has 0 aliphatic rings. The lowest BCUT2D eigenvalue weighted by Gasteiger charge is -2.33. The summed E-state index contributed by atoms with van der Waals surface area (Å²) in [6.45, 7) is 5.40. The van der Waals surface area contributed by atoms with Crippen LogP contribution in [-0.2, 0) is 26.0 Å². The summed E-state index contributed by atoms with van der Waals surface area (Å²) in [6.07, 6.45) is 1.60. The SMILES string of the molecule is CC[C@@H](C)NC(=O)[C@H](CC)N(CCc1ccccc1)C(=O)CN(c1ccc(Cl)c(Cl)c1)S(=O)(=O)c1ccccc1. The summed E-state index contributed by atoms with van der Waals surface area (Å²) in [7, 11) is -4.17.